The zero-order valence-electron chi connectivity index (χ0n) is 12.8. The van der Waals surface area contributed by atoms with E-state index < -0.39 is 0 Å². The minimum Gasteiger partial charge on any atom is -0.383 e. The first-order chi connectivity index (χ1) is 11.7. The monoisotopic (exact) mass is 334 g/mol. The van der Waals surface area contributed by atoms with E-state index in [1.807, 2.05) is 36.4 Å². The Labute approximate surface area is 144 Å². The number of hydrogen-bond donors (Lipinski definition) is 1. The van der Waals surface area contributed by atoms with Gasteiger partial charge in [-0.3, -0.25) is 4.79 Å². The van der Waals surface area contributed by atoms with Crippen molar-refractivity contribution in [2.75, 3.05) is 11.5 Å². The first-order valence-electron chi connectivity index (χ1n) is 7.50. The Bertz CT molecular complexity index is 877. The lowest BCUT2D eigenvalue weighted by Gasteiger charge is -2.12. The number of pyridine rings is 1. The summed E-state index contributed by atoms with van der Waals surface area (Å²) in [6.45, 7) is 0. The van der Waals surface area contributed by atoms with Gasteiger partial charge in [0.05, 0.1) is 11.3 Å². The standard InChI is InChI=1S/C18H14N4OS/c19-8-13-16(12-4-2-1-3-5-12)14(9-20)18(22-17(13)21)24-10-15(23)11-6-7-11/h1-5,11H,6-7,10H2,(H2,21,22). The molecule has 1 aromatic heterocycles. The number of hydrogen-bond acceptors (Lipinski definition) is 6. The van der Waals surface area contributed by atoms with Crippen molar-refractivity contribution in [2.24, 2.45) is 5.92 Å². The van der Waals surface area contributed by atoms with Crippen molar-refractivity contribution in [3.63, 3.8) is 0 Å². The van der Waals surface area contributed by atoms with E-state index in [1.54, 1.807) is 0 Å². The van der Waals surface area contributed by atoms with Crippen LogP contribution in [0.15, 0.2) is 35.4 Å². The molecule has 0 aliphatic heterocycles. The van der Waals surface area contributed by atoms with Crippen LogP contribution < -0.4 is 5.73 Å². The van der Waals surface area contributed by atoms with E-state index in [0.29, 0.717) is 16.2 Å². The SMILES string of the molecule is N#Cc1c(N)nc(SCC(=O)C2CC2)c(C#N)c1-c1ccccc1. The van der Waals surface area contributed by atoms with E-state index in [0.717, 1.165) is 18.4 Å². The first-order valence-corrected chi connectivity index (χ1v) is 8.49. The minimum absolute atomic E-state index is 0.0803. The molecule has 2 aromatic rings. The Kier molecular flexibility index (Phi) is 4.50. The molecule has 0 radical (unpaired) electrons. The second-order valence-electron chi connectivity index (χ2n) is 5.55. The van der Waals surface area contributed by atoms with Gasteiger partial charge in [-0.05, 0) is 18.4 Å². The predicted molar refractivity (Wildman–Crippen MR) is 92.0 cm³/mol. The maximum absolute atomic E-state index is 11.9. The summed E-state index contributed by atoms with van der Waals surface area (Å²) >= 11 is 1.22. The molecule has 0 unspecified atom stereocenters. The number of nitrogens with two attached hydrogens (primary N) is 1. The highest BCUT2D eigenvalue weighted by atomic mass is 32.2. The molecule has 2 N–H and O–H groups in total. The van der Waals surface area contributed by atoms with Crippen LogP contribution in [0.5, 0.6) is 0 Å². The maximum atomic E-state index is 11.9. The molecular weight excluding hydrogens is 320 g/mol. The quantitative estimate of drug-likeness (QED) is 0.842. The van der Waals surface area contributed by atoms with Crippen LogP contribution in [0.25, 0.3) is 11.1 Å². The molecule has 1 aliphatic rings. The summed E-state index contributed by atoms with van der Waals surface area (Å²) in [7, 11) is 0. The van der Waals surface area contributed by atoms with E-state index >= 15 is 0 Å². The van der Waals surface area contributed by atoms with E-state index in [2.05, 4.69) is 11.1 Å². The second-order valence-corrected chi connectivity index (χ2v) is 6.51. The number of anilines is 1. The summed E-state index contributed by atoms with van der Waals surface area (Å²) in [6.07, 6.45) is 1.89. The van der Waals surface area contributed by atoms with Gasteiger partial charge in [0.2, 0.25) is 0 Å². The molecule has 0 atom stereocenters. The van der Waals surface area contributed by atoms with Crippen LogP contribution in [0.3, 0.4) is 0 Å². The summed E-state index contributed by atoms with van der Waals surface area (Å²) in [5.74, 6) is 0.685. The molecule has 0 spiro atoms. The second kappa shape index (κ2) is 6.74. The number of nitriles is 2. The van der Waals surface area contributed by atoms with Gasteiger partial charge in [-0.1, -0.05) is 42.1 Å². The van der Waals surface area contributed by atoms with Crippen molar-refractivity contribution >= 4 is 23.4 Å². The summed E-state index contributed by atoms with van der Waals surface area (Å²) in [6, 6.07) is 13.3. The van der Waals surface area contributed by atoms with Crippen molar-refractivity contribution < 1.29 is 4.79 Å². The molecule has 0 saturated heterocycles. The normalized spacial score (nSPS) is 13.1. The molecule has 24 heavy (non-hydrogen) atoms. The molecule has 0 bridgehead atoms. The van der Waals surface area contributed by atoms with Crippen LogP contribution in [-0.4, -0.2) is 16.5 Å². The number of thioether (sulfide) groups is 1. The van der Waals surface area contributed by atoms with Gasteiger partial charge in [-0.25, -0.2) is 4.98 Å². The molecule has 1 aliphatic carbocycles. The van der Waals surface area contributed by atoms with Gasteiger partial charge in [-0.15, -0.1) is 0 Å². The van der Waals surface area contributed by atoms with E-state index in [4.69, 9.17) is 5.73 Å². The fourth-order valence-corrected chi connectivity index (χ4v) is 3.43. The van der Waals surface area contributed by atoms with Crippen LogP contribution in [0.4, 0.5) is 5.82 Å². The molecule has 1 saturated carbocycles. The lowest BCUT2D eigenvalue weighted by atomic mass is 9.97. The fraction of sp³-hybridized carbons (Fsp3) is 0.222. The third-order valence-corrected chi connectivity index (χ3v) is 4.86. The maximum Gasteiger partial charge on any atom is 0.146 e. The highest BCUT2D eigenvalue weighted by Gasteiger charge is 2.30. The van der Waals surface area contributed by atoms with Gasteiger partial charge < -0.3 is 5.73 Å². The Morgan fingerprint density at radius 2 is 1.88 bits per heavy atom. The smallest absolute Gasteiger partial charge is 0.146 e. The van der Waals surface area contributed by atoms with E-state index in [1.165, 1.54) is 11.8 Å². The molecule has 1 aromatic carbocycles. The fourth-order valence-electron chi connectivity index (χ4n) is 2.46. The summed E-state index contributed by atoms with van der Waals surface area (Å²) in [4.78, 5) is 16.1. The van der Waals surface area contributed by atoms with Gasteiger partial charge >= 0.3 is 0 Å². The lowest BCUT2D eigenvalue weighted by Crippen LogP contribution is -2.07. The number of ketones is 1. The molecule has 1 heterocycles. The minimum atomic E-state index is 0.0803. The van der Waals surface area contributed by atoms with Crippen LogP contribution in [-0.2, 0) is 4.79 Å². The summed E-state index contributed by atoms with van der Waals surface area (Å²) < 4.78 is 0. The number of carbonyl (C=O) groups excluding carboxylic acids is 1. The highest BCUT2D eigenvalue weighted by molar-refractivity contribution is 8.00. The largest absolute Gasteiger partial charge is 0.383 e. The number of carbonyl (C=O) groups is 1. The zero-order valence-corrected chi connectivity index (χ0v) is 13.6. The number of Topliss-reactive ketones (excluding diaryl/α,β-unsaturated/α-hetero) is 1. The molecule has 118 valence electrons. The zero-order chi connectivity index (χ0) is 17.1. The Morgan fingerprint density at radius 3 is 2.46 bits per heavy atom. The van der Waals surface area contributed by atoms with Crippen molar-refractivity contribution in [2.45, 2.75) is 17.9 Å². The average molecular weight is 334 g/mol. The van der Waals surface area contributed by atoms with Crippen LogP contribution in [0.2, 0.25) is 0 Å². The first kappa shape index (κ1) is 16.0. The van der Waals surface area contributed by atoms with Crippen molar-refractivity contribution in [3.8, 4) is 23.3 Å². The molecule has 6 heteroatoms. The van der Waals surface area contributed by atoms with Gasteiger partial charge in [-0.2, -0.15) is 10.5 Å². The number of benzene rings is 1. The van der Waals surface area contributed by atoms with E-state index in [-0.39, 0.29) is 28.8 Å². The van der Waals surface area contributed by atoms with Gasteiger partial charge in [0, 0.05) is 11.5 Å². The van der Waals surface area contributed by atoms with Gasteiger partial charge in [0.15, 0.2) is 0 Å². The number of nitrogen functional groups attached to an aromatic ring is 1. The summed E-state index contributed by atoms with van der Waals surface area (Å²) in [5, 5.41) is 19.5. The Morgan fingerprint density at radius 1 is 1.21 bits per heavy atom. The van der Waals surface area contributed by atoms with Gasteiger partial charge in [0.1, 0.15) is 34.3 Å². The average Bonchev–Trinajstić information content (AvgIpc) is 3.44. The van der Waals surface area contributed by atoms with Gasteiger partial charge in [0.25, 0.3) is 0 Å². The molecule has 3 rings (SSSR count). The highest BCUT2D eigenvalue weighted by Crippen LogP contribution is 2.37. The van der Waals surface area contributed by atoms with E-state index in [9.17, 15) is 15.3 Å². The third kappa shape index (κ3) is 3.10. The van der Waals surface area contributed by atoms with Crippen LogP contribution in [0, 0.1) is 28.6 Å². The Hall–Kier alpha value is -2.83. The molecule has 1 fully saturated rings. The van der Waals surface area contributed by atoms with Crippen molar-refractivity contribution in [3.05, 3.63) is 41.5 Å². The van der Waals surface area contributed by atoms with Crippen molar-refractivity contribution in [1.29, 1.82) is 10.5 Å². The van der Waals surface area contributed by atoms with Crippen molar-refractivity contribution in [1.82, 2.24) is 4.98 Å². The predicted octanol–water partition coefficient (Wildman–Crippen LogP) is 3.15. The molecule has 0 amide bonds. The number of nitrogens with zero attached hydrogens (tertiary/aromatic N) is 3. The molecular formula is C18H14N4OS. The van der Waals surface area contributed by atoms with Crippen LogP contribution >= 0.6 is 11.8 Å². The van der Waals surface area contributed by atoms with Crippen LogP contribution in [0.1, 0.15) is 24.0 Å². The number of aromatic nitrogens is 1. The third-order valence-electron chi connectivity index (χ3n) is 3.86. The summed E-state index contributed by atoms with van der Waals surface area (Å²) in [5.41, 5.74) is 7.63. The Balaban J connectivity index is 2.07. The number of rotatable bonds is 5. The lowest BCUT2D eigenvalue weighted by molar-refractivity contribution is -0.117. The topological polar surface area (TPSA) is 104 Å². The molecule has 5 nitrogen and oxygen atoms in total.